The minimum atomic E-state index is 0.547. The lowest BCUT2D eigenvalue weighted by Crippen LogP contribution is -2.42. The van der Waals surface area contributed by atoms with Gasteiger partial charge in [0.15, 0.2) is 6.33 Å². The van der Waals surface area contributed by atoms with Gasteiger partial charge in [-0.25, -0.2) is 5.84 Å². The van der Waals surface area contributed by atoms with Gasteiger partial charge in [-0.1, -0.05) is 5.16 Å². The molecule has 1 aromatic heterocycles. The summed E-state index contributed by atoms with van der Waals surface area (Å²) in [6, 6.07) is 0. The van der Waals surface area contributed by atoms with E-state index in [9.17, 15) is 0 Å². The third-order valence-electron chi connectivity index (χ3n) is 2.10. The van der Waals surface area contributed by atoms with Gasteiger partial charge in [-0.2, -0.15) is 4.98 Å². The first kappa shape index (κ1) is 14.4. The van der Waals surface area contributed by atoms with Gasteiger partial charge in [0, 0.05) is 32.7 Å². The van der Waals surface area contributed by atoms with Crippen molar-refractivity contribution in [1.29, 1.82) is 0 Å². The van der Waals surface area contributed by atoms with Gasteiger partial charge in [0.05, 0.1) is 0 Å². The molecular formula is C10H20N6O2. The highest BCUT2D eigenvalue weighted by atomic mass is 16.5. The number of guanidine groups is 1. The zero-order valence-electron chi connectivity index (χ0n) is 10.6. The van der Waals surface area contributed by atoms with Crippen molar-refractivity contribution in [3.8, 4) is 0 Å². The fourth-order valence-electron chi connectivity index (χ4n) is 1.25. The molecule has 0 aliphatic carbocycles. The Labute approximate surface area is 106 Å². The van der Waals surface area contributed by atoms with Crippen molar-refractivity contribution in [2.45, 2.75) is 19.8 Å². The highest BCUT2D eigenvalue weighted by Crippen LogP contribution is 1.90. The van der Waals surface area contributed by atoms with Gasteiger partial charge in [0.2, 0.25) is 11.9 Å². The lowest BCUT2D eigenvalue weighted by Gasteiger charge is -2.07. The van der Waals surface area contributed by atoms with Crippen LogP contribution in [-0.2, 0) is 11.2 Å². The molecule has 4 N–H and O–H groups in total. The minimum absolute atomic E-state index is 0.547. The van der Waals surface area contributed by atoms with E-state index in [1.807, 2.05) is 6.92 Å². The molecule has 0 bridgehead atoms. The van der Waals surface area contributed by atoms with Crippen molar-refractivity contribution in [1.82, 2.24) is 20.9 Å². The third-order valence-corrected chi connectivity index (χ3v) is 2.10. The molecule has 8 heteroatoms. The number of nitrogens with one attached hydrogen (secondary N) is 2. The normalized spacial score (nSPS) is 11.6. The van der Waals surface area contributed by atoms with Gasteiger partial charge < -0.3 is 14.6 Å². The average molecular weight is 256 g/mol. The monoisotopic (exact) mass is 256 g/mol. The maximum atomic E-state index is 5.35. The standard InChI is InChI=1S/C10H20N6O2/c1-2-17-7-3-5-12-10(16-11)13-6-4-9-14-8-15-18-9/h8H,2-7,11H2,1H3,(H2,12,13,16). The van der Waals surface area contributed by atoms with Crippen LogP contribution in [0.5, 0.6) is 0 Å². The fourth-order valence-corrected chi connectivity index (χ4v) is 1.25. The van der Waals surface area contributed by atoms with Crippen LogP contribution in [0.4, 0.5) is 0 Å². The van der Waals surface area contributed by atoms with Crippen molar-refractivity contribution in [2.24, 2.45) is 10.8 Å². The van der Waals surface area contributed by atoms with Crippen molar-refractivity contribution in [3.63, 3.8) is 0 Å². The van der Waals surface area contributed by atoms with Gasteiger partial charge >= 0.3 is 0 Å². The molecule has 0 saturated carbocycles. The summed E-state index contributed by atoms with van der Waals surface area (Å²) in [5.41, 5.74) is 2.50. The molecule has 0 fully saturated rings. The lowest BCUT2D eigenvalue weighted by molar-refractivity contribution is 0.146. The summed E-state index contributed by atoms with van der Waals surface area (Å²) in [6.07, 6.45) is 2.86. The Hall–Kier alpha value is -1.67. The molecule has 18 heavy (non-hydrogen) atoms. The molecule has 0 aromatic carbocycles. The van der Waals surface area contributed by atoms with Gasteiger partial charge in [0.1, 0.15) is 0 Å². The summed E-state index contributed by atoms with van der Waals surface area (Å²) in [7, 11) is 0. The second kappa shape index (κ2) is 9.37. The molecule has 1 rings (SSSR count). The molecule has 0 atom stereocenters. The molecule has 1 aromatic rings. The van der Waals surface area contributed by atoms with Crippen LogP contribution in [0.2, 0.25) is 0 Å². The molecule has 1 heterocycles. The quantitative estimate of drug-likeness (QED) is 0.188. The SMILES string of the molecule is CCOCCCN=C(NN)NCCc1ncno1. The number of rotatable bonds is 8. The van der Waals surface area contributed by atoms with Crippen LogP contribution in [0.3, 0.4) is 0 Å². The number of hydrazine groups is 1. The predicted octanol–water partition coefficient (Wildman–Crippen LogP) is -0.552. The Morgan fingerprint density at radius 2 is 2.50 bits per heavy atom. The number of aromatic nitrogens is 2. The lowest BCUT2D eigenvalue weighted by atomic mass is 10.4. The van der Waals surface area contributed by atoms with E-state index in [4.69, 9.17) is 15.1 Å². The number of nitrogens with zero attached hydrogens (tertiary/aromatic N) is 3. The average Bonchev–Trinajstić information content (AvgIpc) is 2.89. The van der Waals surface area contributed by atoms with E-state index >= 15 is 0 Å². The van der Waals surface area contributed by atoms with Crippen LogP contribution in [0.15, 0.2) is 15.8 Å². The van der Waals surface area contributed by atoms with Gasteiger partial charge in [0.25, 0.3) is 0 Å². The van der Waals surface area contributed by atoms with Crippen molar-refractivity contribution in [2.75, 3.05) is 26.3 Å². The second-order valence-corrected chi connectivity index (χ2v) is 3.44. The summed E-state index contributed by atoms with van der Waals surface area (Å²) in [4.78, 5) is 8.16. The van der Waals surface area contributed by atoms with E-state index in [1.165, 1.54) is 6.33 Å². The maximum Gasteiger partial charge on any atom is 0.228 e. The largest absolute Gasteiger partial charge is 0.382 e. The summed E-state index contributed by atoms with van der Waals surface area (Å²) >= 11 is 0. The fraction of sp³-hybridized carbons (Fsp3) is 0.700. The predicted molar refractivity (Wildman–Crippen MR) is 66.7 cm³/mol. The van der Waals surface area contributed by atoms with E-state index in [2.05, 4.69) is 25.9 Å². The van der Waals surface area contributed by atoms with Crippen LogP contribution in [0, 0.1) is 0 Å². The van der Waals surface area contributed by atoms with E-state index in [0.29, 0.717) is 38.0 Å². The van der Waals surface area contributed by atoms with Crippen molar-refractivity contribution in [3.05, 3.63) is 12.2 Å². The Morgan fingerprint density at radius 1 is 1.61 bits per heavy atom. The zero-order valence-corrected chi connectivity index (χ0v) is 10.6. The summed E-state index contributed by atoms with van der Waals surface area (Å²) in [5, 5.41) is 6.56. The smallest absolute Gasteiger partial charge is 0.228 e. The topological polar surface area (TPSA) is 111 Å². The van der Waals surface area contributed by atoms with E-state index in [-0.39, 0.29) is 0 Å². The van der Waals surface area contributed by atoms with Gasteiger partial charge in [-0.05, 0) is 13.3 Å². The highest BCUT2D eigenvalue weighted by molar-refractivity contribution is 5.79. The molecule has 0 aliphatic heterocycles. The maximum absolute atomic E-state index is 5.35. The summed E-state index contributed by atoms with van der Waals surface area (Å²) in [5.74, 6) is 6.47. The van der Waals surface area contributed by atoms with Crippen molar-refractivity contribution < 1.29 is 9.26 Å². The Kier molecular flexibility index (Phi) is 7.49. The molecule has 0 radical (unpaired) electrons. The summed E-state index contributed by atoms with van der Waals surface area (Å²) in [6.45, 7) is 4.69. The molecule has 0 aliphatic rings. The number of aliphatic imine (C=N–C) groups is 1. The van der Waals surface area contributed by atoms with E-state index in [0.717, 1.165) is 13.0 Å². The van der Waals surface area contributed by atoms with E-state index < -0.39 is 0 Å². The van der Waals surface area contributed by atoms with Crippen LogP contribution in [0.1, 0.15) is 19.2 Å². The summed E-state index contributed by atoms with van der Waals surface area (Å²) < 4.78 is 10.1. The zero-order chi connectivity index (χ0) is 13.1. The van der Waals surface area contributed by atoms with Crippen LogP contribution in [-0.4, -0.2) is 42.4 Å². The molecule has 8 nitrogen and oxygen atoms in total. The van der Waals surface area contributed by atoms with Gasteiger partial charge in [-0.3, -0.25) is 10.4 Å². The molecular weight excluding hydrogens is 236 g/mol. The Balaban J connectivity index is 2.14. The molecule has 102 valence electrons. The first-order chi connectivity index (χ1) is 8.86. The van der Waals surface area contributed by atoms with Crippen LogP contribution in [0.25, 0.3) is 0 Å². The molecule has 0 saturated heterocycles. The number of nitrogens with two attached hydrogens (primary N) is 1. The number of ether oxygens (including phenoxy) is 1. The first-order valence-electron chi connectivity index (χ1n) is 5.95. The van der Waals surface area contributed by atoms with Crippen molar-refractivity contribution >= 4 is 5.96 Å². The van der Waals surface area contributed by atoms with Crippen LogP contribution >= 0.6 is 0 Å². The Morgan fingerprint density at radius 3 is 3.17 bits per heavy atom. The number of hydrogen-bond acceptors (Lipinski definition) is 6. The third kappa shape index (κ3) is 6.16. The number of hydrogen-bond donors (Lipinski definition) is 3. The highest BCUT2D eigenvalue weighted by Gasteiger charge is 2.00. The van der Waals surface area contributed by atoms with Crippen LogP contribution < -0.4 is 16.6 Å². The van der Waals surface area contributed by atoms with Gasteiger partial charge in [-0.15, -0.1) is 0 Å². The Bertz CT molecular complexity index is 327. The second-order valence-electron chi connectivity index (χ2n) is 3.44. The molecule has 0 spiro atoms. The molecule has 0 amide bonds. The molecule has 0 unspecified atom stereocenters. The first-order valence-corrected chi connectivity index (χ1v) is 5.95. The van der Waals surface area contributed by atoms with E-state index in [1.54, 1.807) is 0 Å². The minimum Gasteiger partial charge on any atom is -0.382 e.